The number of hydrogen-bond acceptors (Lipinski definition) is 8. The normalized spacial score (nSPS) is 19.9. The molecule has 0 saturated carbocycles. The molecule has 3 aromatic rings. The van der Waals surface area contributed by atoms with Crippen LogP contribution in [0.5, 0.6) is 0 Å². The number of pyridine rings is 1. The molecule has 2 aliphatic rings. The van der Waals surface area contributed by atoms with Gasteiger partial charge in [0.15, 0.2) is 0 Å². The first kappa shape index (κ1) is 20.8. The summed E-state index contributed by atoms with van der Waals surface area (Å²) in [6, 6.07) is 6.03. The van der Waals surface area contributed by atoms with Crippen LogP contribution >= 0.6 is 0 Å². The summed E-state index contributed by atoms with van der Waals surface area (Å²) in [4.78, 5) is 30.3. The second kappa shape index (κ2) is 9.16. The quantitative estimate of drug-likeness (QED) is 0.626. The Balaban J connectivity index is 1.49. The van der Waals surface area contributed by atoms with Crippen LogP contribution in [0.2, 0.25) is 0 Å². The van der Waals surface area contributed by atoms with Crippen molar-refractivity contribution in [3.8, 4) is 11.1 Å². The average molecular weight is 431 g/mol. The van der Waals surface area contributed by atoms with Gasteiger partial charge in [0, 0.05) is 81.2 Å². The Labute approximate surface area is 189 Å². The summed E-state index contributed by atoms with van der Waals surface area (Å²) in [6.45, 7) is 7.83. The van der Waals surface area contributed by atoms with Crippen molar-refractivity contribution >= 4 is 11.9 Å². The number of nitrogens with zero attached hydrogens (tertiary/aromatic N) is 8. The second-order valence-corrected chi connectivity index (χ2v) is 8.78. The largest absolute Gasteiger partial charge is 0.340 e. The monoisotopic (exact) mass is 430 g/mol. The van der Waals surface area contributed by atoms with Gasteiger partial charge in [0.1, 0.15) is 0 Å². The molecule has 0 bridgehead atoms. The topological polar surface area (TPSA) is 74.2 Å². The third-order valence-electron chi connectivity index (χ3n) is 6.46. The molecule has 0 amide bonds. The molecule has 2 fully saturated rings. The number of piperidine rings is 1. The number of aromatic nitrogens is 5. The van der Waals surface area contributed by atoms with Crippen LogP contribution in [0, 0.1) is 6.92 Å². The number of aryl methyl sites for hydroxylation is 1. The smallest absolute Gasteiger partial charge is 0.225 e. The van der Waals surface area contributed by atoms with Crippen LogP contribution in [0.25, 0.3) is 11.1 Å². The summed E-state index contributed by atoms with van der Waals surface area (Å²) in [5, 5.41) is 0. The molecule has 5 heterocycles. The van der Waals surface area contributed by atoms with E-state index in [9.17, 15) is 0 Å². The van der Waals surface area contributed by atoms with Crippen LogP contribution in [0.4, 0.5) is 11.9 Å². The number of rotatable bonds is 4. The lowest BCUT2D eigenvalue weighted by Crippen LogP contribution is -2.45. The minimum Gasteiger partial charge on any atom is -0.340 e. The van der Waals surface area contributed by atoms with Gasteiger partial charge in [-0.15, -0.1) is 0 Å². The van der Waals surface area contributed by atoms with Crippen LogP contribution < -0.4 is 9.80 Å². The molecular formula is C24H30N8. The third kappa shape index (κ3) is 4.41. The van der Waals surface area contributed by atoms with Crippen molar-refractivity contribution in [2.45, 2.75) is 25.7 Å². The van der Waals surface area contributed by atoms with Crippen molar-refractivity contribution in [2.24, 2.45) is 0 Å². The zero-order chi connectivity index (χ0) is 21.9. The standard InChI is InChI=1S/C24H30N8/c1-18-5-10-26-23(28-18)32-11-3-4-20(17-32)22-21(19-6-8-25-9-7-19)16-27-24(29-22)31-14-12-30(2)13-15-31/h5-10,16,20H,3-4,11-15,17H2,1-2H3/t20-/m1/s1. The molecule has 0 N–H and O–H groups in total. The van der Waals surface area contributed by atoms with Gasteiger partial charge in [-0.1, -0.05) is 0 Å². The summed E-state index contributed by atoms with van der Waals surface area (Å²) >= 11 is 0. The van der Waals surface area contributed by atoms with Gasteiger partial charge in [0.2, 0.25) is 11.9 Å². The van der Waals surface area contributed by atoms with Gasteiger partial charge in [-0.2, -0.15) is 0 Å². The highest BCUT2D eigenvalue weighted by molar-refractivity contribution is 5.66. The van der Waals surface area contributed by atoms with E-state index in [2.05, 4.69) is 36.7 Å². The molecule has 2 saturated heterocycles. The third-order valence-corrected chi connectivity index (χ3v) is 6.46. The minimum absolute atomic E-state index is 0.297. The average Bonchev–Trinajstić information content (AvgIpc) is 2.85. The van der Waals surface area contributed by atoms with E-state index >= 15 is 0 Å². The Morgan fingerprint density at radius 1 is 0.844 bits per heavy atom. The fourth-order valence-electron chi connectivity index (χ4n) is 4.58. The van der Waals surface area contributed by atoms with Gasteiger partial charge in [0.25, 0.3) is 0 Å². The van der Waals surface area contributed by atoms with Crippen LogP contribution in [0.1, 0.15) is 30.1 Å². The Kier molecular flexibility index (Phi) is 5.94. The first-order chi connectivity index (χ1) is 15.7. The van der Waals surface area contributed by atoms with Crippen LogP contribution in [0.3, 0.4) is 0 Å². The highest BCUT2D eigenvalue weighted by Crippen LogP contribution is 2.34. The van der Waals surface area contributed by atoms with Crippen molar-refractivity contribution in [1.82, 2.24) is 29.8 Å². The van der Waals surface area contributed by atoms with Gasteiger partial charge >= 0.3 is 0 Å². The molecule has 0 aromatic carbocycles. The summed E-state index contributed by atoms with van der Waals surface area (Å²) < 4.78 is 0. The summed E-state index contributed by atoms with van der Waals surface area (Å²) in [5.74, 6) is 1.95. The molecule has 32 heavy (non-hydrogen) atoms. The Bertz CT molecular complexity index is 1050. The zero-order valence-electron chi connectivity index (χ0n) is 18.9. The second-order valence-electron chi connectivity index (χ2n) is 8.78. The van der Waals surface area contributed by atoms with Gasteiger partial charge in [-0.25, -0.2) is 19.9 Å². The lowest BCUT2D eigenvalue weighted by molar-refractivity contribution is 0.311. The fourth-order valence-corrected chi connectivity index (χ4v) is 4.58. The maximum Gasteiger partial charge on any atom is 0.225 e. The van der Waals surface area contributed by atoms with E-state index in [1.165, 1.54) is 0 Å². The number of hydrogen-bond donors (Lipinski definition) is 0. The van der Waals surface area contributed by atoms with E-state index in [1.54, 1.807) is 0 Å². The first-order valence-corrected chi connectivity index (χ1v) is 11.4. The Morgan fingerprint density at radius 2 is 1.62 bits per heavy atom. The molecule has 0 aliphatic carbocycles. The summed E-state index contributed by atoms with van der Waals surface area (Å²) in [7, 11) is 2.17. The maximum absolute atomic E-state index is 5.18. The van der Waals surface area contributed by atoms with E-state index in [0.717, 1.165) is 86.5 Å². The SMILES string of the molecule is Cc1ccnc(N2CCC[C@@H](c3nc(N4CCN(C)CC4)ncc3-c3ccncc3)C2)n1. The van der Waals surface area contributed by atoms with Crippen LogP contribution in [0.15, 0.2) is 43.0 Å². The number of piperazine rings is 1. The maximum atomic E-state index is 5.18. The predicted molar refractivity (Wildman–Crippen MR) is 126 cm³/mol. The Morgan fingerprint density at radius 3 is 2.41 bits per heavy atom. The summed E-state index contributed by atoms with van der Waals surface area (Å²) in [6.07, 6.45) is 9.71. The van der Waals surface area contributed by atoms with E-state index in [0.29, 0.717) is 5.92 Å². The molecule has 5 rings (SSSR count). The highest BCUT2D eigenvalue weighted by Gasteiger charge is 2.28. The van der Waals surface area contributed by atoms with Gasteiger partial charge in [0.05, 0.1) is 5.69 Å². The van der Waals surface area contributed by atoms with Crippen LogP contribution in [-0.4, -0.2) is 76.1 Å². The van der Waals surface area contributed by atoms with E-state index < -0.39 is 0 Å². The zero-order valence-corrected chi connectivity index (χ0v) is 18.9. The molecular weight excluding hydrogens is 400 g/mol. The first-order valence-electron chi connectivity index (χ1n) is 11.4. The van der Waals surface area contributed by atoms with Crippen LogP contribution in [-0.2, 0) is 0 Å². The summed E-state index contributed by atoms with van der Waals surface area (Å²) in [5.41, 5.74) is 4.33. The Hall–Kier alpha value is -3.13. The lowest BCUT2D eigenvalue weighted by atomic mass is 9.90. The van der Waals surface area contributed by atoms with E-state index in [1.807, 2.05) is 49.9 Å². The fraction of sp³-hybridized carbons (Fsp3) is 0.458. The van der Waals surface area contributed by atoms with Crippen molar-refractivity contribution in [2.75, 3.05) is 56.1 Å². The van der Waals surface area contributed by atoms with Gasteiger partial charge in [-0.05, 0) is 50.6 Å². The molecule has 0 radical (unpaired) electrons. The highest BCUT2D eigenvalue weighted by atomic mass is 15.3. The number of anilines is 2. The van der Waals surface area contributed by atoms with Crippen molar-refractivity contribution in [3.63, 3.8) is 0 Å². The predicted octanol–water partition coefficient (Wildman–Crippen LogP) is 2.77. The minimum atomic E-state index is 0.297. The molecule has 3 aromatic heterocycles. The molecule has 1 atom stereocenters. The molecule has 2 aliphatic heterocycles. The van der Waals surface area contributed by atoms with Gasteiger partial charge < -0.3 is 14.7 Å². The van der Waals surface area contributed by atoms with Crippen molar-refractivity contribution in [3.05, 3.63) is 54.4 Å². The number of likely N-dealkylation sites (N-methyl/N-ethyl adjacent to an activating group) is 1. The lowest BCUT2D eigenvalue weighted by Gasteiger charge is -2.35. The molecule has 8 nitrogen and oxygen atoms in total. The van der Waals surface area contributed by atoms with E-state index in [4.69, 9.17) is 9.97 Å². The molecule has 0 spiro atoms. The van der Waals surface area contributed by atoms with Crippen molar-refractivity contribution in [1.29, 1.82) is 0 Å². The molecule has 0 unspecified atom stereocenters. The molecule has 8 heteroatoms. The van der Waals surface area contributed by atoms with Crippen molar-refractivity contribution < 1.29 is 0 Å². The van der Waals surface area contributed by atoms with Gasteiger partial charge in [-0.3, -0.25) is 4.98 Å². The molecule has 166 valence electrons. The van der Waals surface area contributed by atoms with E-state index in [-0.39, 0.29) is 0 Å².